The number of hydrogen-bond acceptors (Lipinski definition) is 6. The van der Waals surface area contributed by atoms with E-state index in [0.29, 0.717) is 19.3 Å². The minimum absolute atomic E-state index is 0.0244. The van der Waals surface area contributed by atoms with Crippen molar-refractivity contribution in [2.24, 2.45) is 0 Å². The fourth-order valence-corrected chi connectivity index (χ4v) is 6.22. The van der Waals surface area contributed by atoms with Gasteiger partial charge in [0.25, 0.3) is 0 Å². The highest BCUT2D eigenvalue weighted by molar-refractivity contribution is 5.72. The molecule has 0 heterocycles. The quantitative estimate of drug-likeness (QED) is 0.0283. The van der Waals surface area contributed by atoms with E-state index in [9.17, 15) is 19.5 Å². The number of carbonyl (C=O) groups excluding carboxylic acids is 2. The number of quaternary nitrogens is 1. The Balaban J connectivity index is 4.45. The Morgan fingerprint density at radius 3 is 1.30 bits per heavy atom. The van der Waals surface area contributed by atoms with Crippen LogP contribution < -0.4 is 0 Å². The Bertz CT molecular complexity index is 1440. The summed E-state index contributed by atoms with van der Waals surface area (Å²) in [6, 6.07) is -0.636. The van der Waals surface area contributed by atoms with E-state index in [2.05, 4.69) is 123 Å². The van der Waals surface area contributed by atoms with Gasteiger partial charge in [-0.25, -0.2) is 4.79 Å². The SMILES string of the molecule is CC/C=C/C/C=C/C/C=C/C/C=C/C/C=C/C/C=C/CCC(=O)OCC(COCCC(C(=O)O)[N+](C)(C)C)OC(=O)CCCCCCCCC/C=C/C/C=C/C/C=C/C/C=C/CC. The number of carboxylic acids is 1. The first-order chi connectivity index (χ1) is 30.6. The number of hydrogen-bond donors (Lipinski definition) is 1. The van der Waals surface area contributed by atoms with Gasteiger partial charge in [0, 0.05) is 19.3 Å². The lowest BCUT2D eigenvalue weighted by Gasteiger charge is -2.31. The Morgan fingerprint density at radius 2 is 0.873 bits per heavy atom. The number of unbranched alkanes of at least 4 members (excludes halogenated alkanes) is 7. The normalized spacial score (nSPS) is 14.0. The molecule has 0 amide bonds. The molecule has 0 aliphatic rings. The molecule has 0 bridgehead atoms. The van der Waals surface area contributed by atoms with E-state index in [4.69, 9.17) is 14.2 Å². The number of carboxylic acid groups (broad SMARTS) is 1. The van der Waals surface area contributed by atoms with Gasteiger partial charge in [-0.3, -0.25) is 9.59 Å². The topological polar surface area (TPSA) is 99.1 Å². The molecule has 8 nitrogen and oxygen atoms in total. The summed E-state index contributed by atoms with van der Waals surface area (Å²) in [6.07, 6.45) is 62.6. The molecular weight excluding hydrogens is 787 g/mol. The third-order valence-electron chi connectivity index (χ3n) is 9.87. The lowest BCUT2D eigenvalue weighted by molar-refractivity contribution is -0.887. The molecule has 2 atom stereocenters. The highest BCUT2D eigenvalue weighted by Gasteiger charge is 2.31. The second-order valence-electron chi connectivity index (χ2n) is 16.6. The fraction of sp³-hybridized carbons (Fsp3) is 0.582. The number of rotatable bonds is 41. The molecule has 0 aromatic heterocycles. The van der Waals surface area contributed by atoms with Crippen LogP contribution in [-0.4, -0.2) is 80.6 Å². The monoisotopic (exact) mass is 875 g/mol. The minimum Gasteiger partial charge on any atom is -0.477 e. The summed E-state index contributed by atoms with van der Waals surface area (Å²) in [5.74, 6) is -1.60. The van der Waals surface area contributed by atoms with Crippen molar-refractivity contribution in [3.05, 3.63) is 122 Å². The van der Waals surface area contributed by atoms with Crippen molar-refractivity contribution in [3.8, 4) is 0 Å². The van der Waals surface area contributed by atoms with Gasteiger partial charge < -0.3 is 23.8 Å². The van der Waals surface area contributed by atoms with Gasteiger partial charge >= 0.3 is 17.9 Å². The lowest BCUT2D eigenvalue weighted by atomic mass is 10.1. The van der Waals surface area contributed by atoms with Crippen LogP contribution in [0.25, 0.3) is 0 Å². The summed E-state index contributed by atoms with van der Waals surface area (Å²) in [6.45, 7) is 4.40. The number of aliphatic carboxylic acids is 1. The van der Waals surface area contributed by atoms with Gasteiger partial charge in [0.2, 0.25) is 0 Å². The lowest BCUT2D eigenvalue weighted by Crippen LogP contribution is -2.50. The molecule has 0 rings (SSSR count). The van der Waals surface area contributed by atoms with Crippen molar-refractivity contribution in [3.63, 3.8) is 0 Å². The molecule has 63 heavy (non-hydrogen) atoms. The molecule has 0 radical (unpaired) electrons. The molecule has 0 aromatic rings. The number of allylic oxidation sites excluding steroid dienone is 20. The van der Waals surface area contributed by atoms with Crippen molar-refractivity contribution in [1.29, 1.82) is 0 Å². The maximum Gasteiger partial charge on any atom is 0.362 e. The molecule has 354 valence electrons. The highest BCUT2D eigenvalue weighted by Crippen LogP contribution is 2.13. The summed E-state index contributed by atoms with van der Waals surface area (Å²) >= 11 is 0. The predicted molar refractivity (Wildman–Crippen MR) is 265 cm³/mol. The van der Waals surface area contributed by atoms with Crippen molar-refractivity contribution in [2.45, 2.75) is 167 Å². The third kappa shape index (κ3) is 42.8. The van der Waals surface area contributed by atoms with E-state index in [0.717, 1.165) is 96.3 Å². The first-order valence-electron chi connectivity index (χ1n) is 24.1. The number of ether oxygens (including phenoxy) is 3. The smallest absolute Gasteiger partial charge is 0.362 e. The summed E-state index contributed by atoms with van der Waals surface area (Å²) in [5, 5.41) is 9.64. The third-order valence-corrected chi connectivity index (χ3v) is 9.87. The van der Waals surface area contributed by atoms with Crippen LogP contribution in [0.15, 0.2) is 122 Å². The maximum atomic E-state index is 12.8. The zero-order chi connectivity index (χ0) is 46.3. The predicted octanol–water partition coefficient (Wildman–Crippen LogP) is 13.8. The number of carbonyl (C=O) groups is 3. The highest BCUT2D eigenvalue weighted by atomic mass is 16.6. The van der Waals surface area contributed by atoms with Gasteiger partial charge in [0.05, 0.1) is 34.4 Å². The van der Waals surface area contributed by atoms with Crippen molar-refractivity contribution in [2.75, 3.05) is 41.0 Å². The van der Waals surface area contributed by atoms with Crippen LogP contribution in [0.1, 0.15) is 155 Å². The first-order valence-corrected chi connectivity index (χ1v) is 24.1. The number of nitrogens with zero attached hydrogens (tertiary/aromatic N) is 1. The van der Waals surface area contributed by atoms with E-state index in [1.165, 1.54) is 19.3 Å². The Labute approximate surface area is 384 Å². The van der Waals surface area contributed by atoms with Crippen molar-refractivity contribution < 1.29 is 38.2 Å². The van der Waals surface area contributed by atoms with Crippen LogP contribution in [0.3, 0.4) is 0 Å². The van der Waals surface area contributed by atoms with Crippen LogP contribution in [0, 0.1) is 0 Å². The minimum atomic E-state index is -0.892. The van der Waals surface area contributed by atoms with E-state index in [-0.39, 0.29) is 42.7 Å². The summed E-state index contributed by atoms with van der Waals surface area (Å²) in [7, 11) is 5.49. The average molecular weight is 875 g/mol. The van der Waals surface area contributed by atoms with Gasteiger partial charge in [-0.2, -0.15) is 0 Å². The van der Waals surface area contributed by atoms with E-state index in [1.54, 1.807) is 0 Å². The summed E-state index contributed by atoms with van der Waals surface area (Å²) < 4.78 is 17.2. The molecule has 0 saturated heterocycles. The molecule has 2 unspecified atom stereocenters. The van der Waals surface area contributed by atoms with Crippen molar-refractivity contribution >= 4 is 17.9 Å². The van der Waals surface area contributed by atoms with Gasteiger partial charge in [0.1, 0.15) is 6.61 Å². The van der Waals surface area contributed by atoms with Crippen LogP contribution in [0.4, 0.5) is 0 Å². The van der Waals surface area contributed by atoms with Gasteiger partial charge in [-0.1, -0.05) is 167 Å². The van der Waals surface area contributed by atoms with E-state index >= 15 is 0 Å². The largest absolute Gasteiger partial charge is 0.477 e. The zero-order valence-corrected chi connectivity index (χ0v) is 40.2. The Kier molecular flexibility index (Phi) is 41.3. The average Bonchev–Trinajstić information content (AvgIpc) is 3.24. The molecule has 0 fully saturated rings. The molecule has 0 spiro atoms. The molecule has 0 aliphatic heterocycles. The second-order valence-corrected chi connectivity index (χ2v) is 16.6. The fourth-order valence-electron chi connectivity index (χ4n) is 6.22. The molecular formula is C55H88NO7+. The summed E-state index contributed by atoms with van der Waals surface area (Å²) in [4.78, 5) is 37.1. The molecule has 0 aliphatic carbocycles. The molecule has 8 heteroatoms. The van der Waals surface area contributed by atoms with Gasteiger partial charge in [-0.05, 0) is 89.9 Å². The van der Waals surface area contributed by atoms with Crippen LogP contribution in [-0.2, 0) is 28.6 Å². The first kappa shape index (κ1) is 58.7. The Hall–Kier alpha value is -4.27. The molecule has 1 N–H and O–H groups in total. The standard InChI is InChI=1S/C55H87NO7/c1-6-8-10-12-14-16-18-20-22-24-26-28-30-32-34-36-38-40-42-44-46-54(58)63-51(49-61-48-47-52(55(59)60)56(3,4)5)50-62-53(57)45-43-41-39-37-35-33-31-29-27-25-23-21-19-17-15-13-11-9-7-2/h8-11,14-17,20-23,26-29,33,35,39,41,51-52H,6-7,12-13,18-19,24-25,30-32,34,36-38,40,42-50H2,1-5H3/p+1/b10-8+,11-9+,16-14+,17-15+,22-20+,23-21+,28-26+,29-27+,35-33+,41-39+. The van der Waals surface area contributed by atoms with Crippen molar-refractivity contribution in [1.82, 2.24) is 0 Å². The second kappa shape index (κ2) is 44.3. The molecule has 0 aromatic carbocycles. The number of esters is 2. The van der Waals surface area contributed by atoms with E-state index in [1.807, 2.05) is 33.3 Å². The maximum absolute atomic E-state index is 12.8. The summed E-state index contributed by atoms with van der Waals surface area (Å²) in [5.41, 5.74) is 0. The van der Waals surface area contributed by atoms with Gasteiger partial charge in [-0.15, -0.1) is 0 Å². The Morgan fingerprint density at radius 1 is 0.476 bits per heavy atom. The van der Waals surface area contributed by atoms with Gasteiger partial charge in [0.15, 0.2) is 12.1 Å². The van der Waals surface area contributed by atoms with E-state index < -0.39 is 18.1 Å². The number of likely N-dealkylation sites (N-methyl/N-ethyl adjacent to an activating group) is 1. The van der Waals surface area contributed by atoms with Crippen LogP contribution >= 0.6 is 0 Å². The van der Waals surface area contributed by atoms with Crippen LogP contribution in [0.5, 0.6) is 0 Å². The van der Waals surface area contributed by atoms with Crippen LogP contribution in [0.2, 0.25) is 0 Å². The molecule has 0 saturated carbocycles. The zero-order valence-electron chi connectivity index (χ0n) is 40.2.